The van der Waals surface area contributed by atoms with E-state index in [2.05, 4.69) is 10.4 Å². The summed E-state index contributed by atoms with van der Waals surface area (Å²) in [4.78, 5) is 29.3. The molecular weight excluding hydrogens is 452 g/mol. The molecule has 174 valence electrons. The highest BCUT2D eigenvalue weighted by atomic mass is 32.2. The summed E-state index contributed by atoms with van der Waals surface area (Å²) in [6, 6.07) is 9.96. The molecule has 12 heteroatoms. The van der Waals surface area contributed by atoms with Crippen molar-refractivity contribution in [2.45, 2.75) is 11.3 Å². The lowest BCUT2D eigenvalue weighted by atomic mass is 10.2. The van der Waals surface area contributed by atoms with Gasteiger partial charge < -0.3 is 19.1 Å². The van der Waals surface area contributed by atoms with E-state index in [1.165, 1.54) is 32.4 Å². The van der Waals surface area contributed by atoms with E-state index in [4.69, 9.17) is 14.6 Å². The number of nitrogens with zero attached hydrogens (tertiary/aromatic N) is 2. The van der Waals surface area contributed by atoms with Crippen LogP contribution in [0.2, 0.25) is 0 Å². The minimum absolute atomic E-state index is 0.0661. The Bertz CT molecular complexity index is 1350. The number of hydrazine groups is 1. The number of ether oxygens (including phenoxy) is 2. The number of aliphatic carboxylic acids is 1. The van der Waals surface area contributed by atoms with Crippen molar-refractivity contribution in [3.05, 3.63) is 53.9 Å². The van der Waals surface area contributed by atoms with Gasteiger partial charge in [0.05, 0.1) is 31.7 Å². The smallest absolute Gasteiger partial charge is 0.328 e. The van der Waals surface area contributed by atoms with Crippen molar-refractivity contribution >= 4 is 39.0 Å². The van der Waals surface area contributed by atoms with Crippen LogP contribution in [-0.2, 0) is 33.1 Å². The molecule has 33 heavy (non-hydrogen) atoms. The number of rotatable bonds is 9. The van der Waals surface area contributed by atoms with Gasteiger partial charge in [0, 0.05) is 13.1 Å². The van der Waals surface area contributed by atoms with Crippen molar-refractivity contribution in [2.75, 3.05) is 14.2 Å². The molecule has 3 N–H and O–H groups in total. The van der Waals surface area contributed by atoms with E-state index in [1.807, 2.05) is 29.1 Å². The fourth-order valence-electron chi connectivity index (χ4n) is 3.13. The molecule has 2 aromatic carbocycles. The number of imidazole rings is 1. The quantitative estimate of drug-likeness (QED) is 0.310. The minimum atomic E-state index is -4.31. The molecule has 11 nitrogen and oxygen atoms in total. The van der Waals surface area contributed by atoms with Gasteiger partial charge in [0.15, 0.2) is 11.5 Å². The van der Waals surface area contributed by atoms with E-state index < -0.39 is 21.9 Å². The van der Waals surface area contributed by atoms with E-state index in [9.17, 15) is 18.0 Å². The molecule has 0 aliphatic rings. The van der Waals surface area contributed by atoms with Gasteiger partial charge in [-0.2, -0.15) is 0 Å². The number of para-hydroxylation sites is 2. The number of benzene rings is 2. The van der Waals surface area contributed by atoms with Gasteiger partial charge in [-0.1, -0.05) is 12.1 Å². The predicted molar refractivity (Wildman–Crippen MR) is 119 cm³/mol. The number of hydrogen-bond donors (Lipinski definition) is 3. The number of aryl methyl sites for hydroxylation is 1. The van der Waals surface area contributed by atoms with E-state index in [1.54, 1.807) is 11.6 Å². The summed E-state index contributed by atoms with van der Waals surface area (Å²) in [5, 5.41) is 8.84. The Morgan fingerprint density at radius 1 is 1.18 bits per heavy atom. The van der Waals surface area contributed by atoms with E-state index in [0.29, 0.717) is 11.3 Å². The molecule has 0 unspecified atom stereocenters. The number of methoxy groups -OCH3 is 2. The highest BCUT2D eigenvalue weighted by molar-refractivity contribution is 7.89. The topological polar surface area (TPSA) is 149 Å². The molecule has 3 aromatic rings. The number of amides is 1. The number of carboxylic acids is 1. The maximum absolute atomic E-state index is 12.9. The Morgan fingerprint density at radius 3 is 2.55 bits per heavy atom. The van der Waals surface area contributed by atoms with Crippen LogP contribution < -0.4 is 19.7 Å². The number of carbonyl (C=O) groups is 2. The third-order valence-corrected chi connectivity index (χ3v) is 5.95. The summed E-state index contributed by atoms with van der Waals surface area (Å²) in [6.07, 6.45) is 1.88. The van der Waals surface area contributed by atoms with Crippen molar-refractivity contribution in [3.63, 3.8) is 0 Å². The Labute approximate surface area is 189 Å². The Morgan fingerprint density at radius 2 is 1.91 bits per heavy atom. The molecule has 0 saturated carbocycles. The van der Waals surface area contributed by atoms with Gasteiger partial charge in [0.25, 0.3) is 10.0 Å². The van der Waals surface area contributed by atoms with Crippen LogP contribution >= 0.6 is 0 Å². The highest BCUT2D eigenvalue weighted by Gasteiger charge is 2.25. The van der Waals surface area contributed by atoms with Gasteiger partial charge in [-0.05, 0) is 35.9 Å². The van der Waals surface area contributed by atoms with Gasteiger partial charge in [-0.15, -0.1) is 4.83 Å². The first-order chi connectivity index (χ1) is 15.7. The average Bonchev–Trinajstić information content (AvgIpc) is 3.10. The number of carboxylic acid groups (broad SMARTS) is 1. The van der Waals surface area contributed by atoms with Crippen LogP contribution in [0.15, 0.2) is 47.4 Å². The van der Waals surface area contributed by atoms with Crippen LogP contribution in [0.4, 0.5) is 0 Å². The van der Waals surface area contributed by atoms with Crippen molar-refractivity contribution < 1.29 is 32.6 Å². The molecular formula is C21H22N4O7S. The summed E-state index contributed by atoms with van der Waals surface area (Å²) in [5.41, 5.74) is 3.95. The molecule has 0 aliphatic heterocycles. The zero-order valence-corrected chi connectivity index (χ0v) is 18.8. The first-order valence-corrected chi connectivity index (χ1v) is 11.0. The average molecular weight is 474 g/mol. The maximum Gasteiger partial charge on any atom is 0.328 e. The molecule has 0 aliphatic carbocycles. The summed E-state index contributed by atoms with van der Waals surface area (Å²) < 4.78 is 37.9. The fourth-order valence-corrected chi connectivity index (χ4v) is 4.21. The molecule has 1 aromatic heterocycles. The Hall–Kier alpha value is -3.90. The molecule has 0 spiro atoms. The number of hydrogen-bond acceptors (Lipinski definition) is 7. The Balaban J connectivity index is 1.83. The first-order valence-electron chi connectivity index (χ1n) is 9.54. The normalized spacial score (nSPS) is 11.6. The van der Waals surface area contributed by atoms with Crippen molar-refractivity contribution in [1.82, 2.24) is 19.8 Å². The number of aromatic nitrogens is 2. The summed E-state index contributed by atoms with van der Waals surface area (Å²) >= 11 is 0. The maximum atomic E-state index is 12.9. The van der Waals surface area contributed by atoms with E-state index in [-0.39, 0.29) is 28.4 Å². The molecule has 0 bridgehead atoms. The van der Waals surface area contributed by atoms with Gasteiger partial charge in [0.1, 0.15) is 10.7 Å². The second-order valence-electron chi connectivity index (χ2n) is 6.83. The third kappa shape index (κ3) is 5.30. The highest BCUT2D eigenvalue weighted by Crippen LogP contribution is 2.35. The van der Waals surface area contributed by atoms with Crippen molar-refractivity contribution in [2.24, 2.45) is 7.05 Å². The zero-order valence-electron chi connectivity index (χ0n) is 18.0. The lowest BCUT2D eigenvalue weighted by Gasteiger charge is -2.15. The van der Waals surface area contributed by atoms with Crippen LogP contribution in [0.3, 0.4) is 0 Å². The molecule has 1 amide bonds. The lowest BCUT2D eigenvalue weighted by molar-refractivity contribution is -0.131. The molecule has 0 radical (unpaired) electrons. The monoisotopic (exact) mass is 474 g/mol. The van der Waals surface area contributed by atoms with Crippen LogP contribution in [0.5, 0.6) is 11.5 Å². The number of nitrogens with one attached hydrogen (secondary N) is 2. The Kier molecular flexibility index (Phi) is 6.99. The molecule has 3 rings (SSSR count). The predicted octanol–water partition coefficient (Wildman–Crippen LogP) is 1.24. The molecule has 0 fully saturated rings. The van der Waals surface area contributed by atoms with Crippen molar-refractivity contribution in [1.29, 1.82) is 0 Å². The fraction of sp³-hybridized carbons (Fsp3) is 0.190. The largest absolute Gasteiger partial charge is 0.493 e. The summed E-state index contributed by atoms with van der Waals surface area (Å²) in [7, 11) is 0.0135. The van der Waals surface area contributed by atoms with Crippen LogP contribution in [-0.4, -0.2) is 49.2 Å². The standard InChI is InChI=1S/C21H22N4O7S/c1-25-15-7-5-4-6-14(15)22-18(25)12-19(26)23-24-33(29,30)17-11-13(8-9-20(27)28)10-16(31-2)21(17)32-3/h4-11,24H,12H2,1-3H3,(H,23,26)(H,27,28)/b9-8+. The lowest BCUT2D eigenvalue weighted by Crippen LogP contribution is -2.42. The molecule has 0 saturated heterocycles. The van der Waals surface area contributed by atoms with Gasteiger partial charge in [0.2, 0.25) is 5.91 Å². The first kappa shape index (κ1) is 23.8. The number of fused-ring (bicyclic) bond motifs is 1. The van der Waals surface area contributed by atoms with E-state index in [0.717, 1.165) is 11.6 Å². The third-order valence-electron chi connectivity index (χ3n) is 4.70. The number of carbonyl (C=O) groups excluding carboxylic acids is 1. The molecule has 0 atom stereocenters. The second-order valence-corrected chi connectivity index (χ2v) is 8.48. The second kappa shape index (κ2) is 9.71. The van der Waals surface area contributed by atoms with Gasteiger partial charge >= 0.3 is 5.97 Å². The van der Waals surface area contributed by atoms with Crippen LogP contribution in [0, 0.1) is 0 Å². The summed E-state index contributed by atoms with van der Waals surface area (Å²) in [5.74, 6) is -1.43. The minimum Gasteiger partial charge on any atom is -0.493 e. The van der Waals surface area contributed by atoms with Crippen LogP contribution in [0.25, 0.3) is 17.1 Å². The van der Waals surface area contributed by atoms with Gasteiger partial charge in [-0.25, -0.2) is 18.2 Å². The van der Waals surface area contributed by atoms with Crippen LogP contribution in [0.1, 0.15) is 11.4 Å². The van der Waals surface area contributed by atoms with Gasteiger partial charge in [-0.3, -0.25) is 10.2 Å². The zero-order chi connectivity index (χ0) is 24.2. The van der Waals surface area contributed by atoms with E-state index >= 15 is 0 Å². The SMILES string of the molecule is COc1cc(/C=C/C(=O)O)cc(S(=O)(=O)NNC(=O)Cc2nc3ccccc3n2C)c1OC. The molecule has 1 heterocycles. The summed E-state index contributed by atoms with van der Waals surface area (Å²) in [6.45, 7) is 0. The van der Waals surface area contributed by atoms with Crippen molar-refractivity contribution in [3.8, 4) is 11.5 Å². The number of sulfonamides is 1.